The standard InChI is InChI=1S/C14H10ClN5OS2/c1-20-12(8-3-5-9(21-2)6-4-8)17-18-14(20)22-13-10(7-16)11(15)19-23-13/h3-6H,1-2H3. The summed E-state index contributed by atoms with van der Waals surface area (Å²) in [5, 5.41) is 18.4. The van der Waals surface area contributed by atoms with Gasteiger partial charge in [-0.3, -0.25) is 0 Å². The Hall–Kier alpha value is -2.08. The fourth-order valence-corrected chi connectivity index (χ4v) is 3.94. The molecule has 0 saturated carbocycles. The van der Waals surface area contributed by atoms with Gasteiger partial charge in [-0.1, -0.05) is 11.6 Å². The molecule has 0 radical (unpaired) electrons. The van der Waals surface area contributed by atoms with Crippen molar-refractivity contribution in [2.24, 2.45) is 7.05 Å². The molecule has 0 aliphatic carbocycles. The van der Waals surface area contributed by atoms with Crippen molar-refractivity contribution < 1.29 is 4.74 Å². The highest BCUT2D eigenvalue weighted by Gasteiger charge is 2.18. The molecule has 9 heteroatoms. The predicted molar refractivity (Wildman–Crippen MR) is 89.0 cm³/mol. The Morgan fingerprint density at radius 1 is 1.30 bits per heavy atom. The molecule has 0 unspecified atom stereocenters. The summed E-state index contributed by atoms with van der Waals surface area (Å²) in [7, 11) is 3.50. The number of halogens is 1. The Balaban J connectivity index is 1.91. The second-order valence-electron chi connectivity index (χ2n) is 4.44. The van der Waals surface area contributed by atoms with Crippen molar-refractivity contribution in [3.05, 3.63) is 35.0 Å². The number of ether oxygens (including phenoxy) is 1. The SMILES string of the molecule is COc1ccc(-c2nnc(Sc3snc(Cl)c3C#N)n2C)cc1. The van der Waals surface area contributed by atoms with Crippen LogP contribution in [0.15, 0.2) is 33.6 Å². The summed E-state index contributed by atoms with van der Waals surface area (Å²) in [6.07, 6.45) is 0. The zero-order valence-electron chi connectivity index (χ0n) is 12.1. The number of rotatable bonds is 4. The topological polar surface area (TPSA) is 76.6 Å². The van der Waals surface area contributed by atoms with Crippen molar-refractivity contribution in [1.82, 2.24) is 19.1 Å². The number of hydrogen-bond acceptors (Lipinski definition) is 7. The van der Waals surface area contributed by atoms with Crippen LogP contribution in [0.2, 0.25) is 5.15 Å². The summed E-state index contributed by atoms with van der Waals surface area (Å²) in [6, 6.07) is 9.63. The Morgan fingerprint density at radius 3 is 2.70 bits per heavy atom. The molecule has 0 aliphatic heterocycles. The van der Waals surface area contributed by atoms with Gasteiger partial charge < -0.3 is 9.30 Å². The normalized spacial score (nSPS) is 10.5. The molecule has 23 heavy (non-hydrogen) atoms. The Morgan fingerprint density at radius 2 is 2.04 bits per heavy atom. The fraction of sp³-hybridized carbons (Fsp3) is 0.143. The second kappa shape index (κ2) is 6.58. The smallest absolute Gasteiger partial charge is 0.196 e. The molecule has 0 fully saturated rings. The summed E-state index contributed by atoms with van der Waals surface area (Å²) in [5.41, 5.74) is 1.30. The van der Waals surface area contributed by atoms with Gasteiger partial charge in [-0.15, -0.1) is 10.2 Å². The van der Waals surface area contributed by atoms with E-state index in [1.807, 2.05) is 35.9 Å². The summed E-state index contributed by atoms with van der Waals surface area (Å²) in [4.78, 5) is 0. The van der Waals surface area contributed by atoms with Crippen LogP contribution in [0.3, 0.4) is 0 Å². The summed E-state index contributed by atoms with van der Waals surface area (Å²) in [6.45, 7) is 0. The van der Waals surface area contributed by atoms with Crippen molar-refractivity contribution in [2.75, 3.05) is 7.11 Å². The van der Waals surface area contributed by atoms with Crippen LogP contribution in [0.4, 0.5) is 0 Å². The number of hydrogen-bond donors (Lipinski definition) is 0. The van der Waals surface area contributed by atoms with E-state index in [1.165, 1.54) is 23.3 Å². The minimum Gasteiger partial charge on any atom is -0.497 e. The first-order chi connectivity index (χ1) is 11.1. The maximum atomic E-state index is 9.13. The van der Waals surface area contributed by atoms with Gasteiger partial charge in [-0.05, 0) is 47.6 Å². The zero-order chi connectivity index (χ0) is 16.4. The maximum absolute atomic E-state index is 9.13. The summed E-state index contributed by atoms with van der Waals surface area (Å²) < 4.78 is 11.7. The minimum atomic E-state index is 0.220. The lowest BCUT2D eigenvalue weighted by Gasteiger charge is -2.04. The van der Waals surface area contributed by atoms with Crippen molar-refractivity contribution in [3.63, 3.8) is 0 Å². The lowest BCUT2D eigenvalue weighted by Crippen LogP contribution is -1.94. The molecule has 0 N–H and O–H groups in total. The van der Waals surface area contributed by atoms with Gasteiger partial charge in [0.1, 0.15) is 21.6 Å². The molecule has 116 valence electrons. The first kappa shape index (κ1) is 15.8. The molecular formula is C14H10ClN5OS2. The molecule has 2 aromatic heterocycles. The summed E-state index contributed by atoms with van der Waals surface area (Å²) >= 11 is 8.39. The first-order valence-corrected chi connectivity index (χ1v) is 8.37. The van der Waals surface area contributed by atoms with Gasteiger partial charge in [-0.25, -0.2) is 0 Å². The van der Waals surface area contributed by atoms with Crippen LogP contribution in [0, 0.1) is 11.3 Å². The molecule has 0 atom stereocenters. The highest BCUT2D eigenvalue weighted by atomic mass is 35.5. The van der Waals surface area contributed by atoms with Crippen molar-refractivity contribution in [2.45, 2.75) is 9.37 Å². The van der Waals surface area contributed by atoms with Crippen LogP contribution in [-0.2, 0) is 7.05 Å². The number of nitrogens with zero attached hydrogens (tertiary/aromatic N) is 5. The van der Waals surface area contributed by atoms with E-state index < -0.39 is 0 Å². The van der Waals surface area contributed by atoms with Gasteiger partial charge in [0.05, 0.1) is 7.11 Å². The highest BCUT2D eigenvalue weighted by Crippen LogP contribution is 2.36. The molecular weight excluding hydrogens is 354 g/mol. The fourth-order valence-electron chi connectivity index (χ4n) is 1.90. The van der Waals surface area contributed by atoms with Gasteiger partial charge in [0.15, 0.2) is 16.1 Å². The first-order valence-electron chi connectivity index (χ1n) is 6.41. The zero-order valence-corrected chi connectivity index (χ0v) is 14.5. The lowest BCUT2D eigenvalue weighted by molar-refractivity contribution is 0.415. The van der Waals surface area contributed by atoms with E-state index >= 15 is 0 Å². The maximum Gasteiger partial charge on any atom is 0.196 e. The molecule has 0 saturated heterocycles. The molecule has 3 aromatic rings. The van der Waals surface area contributed by atoms with Crippen molar-refractivity contribution in [3.8, 4) is 23.2 Å². The molecule has 6 nitrogen and oxygen atoms in total. The average Bonchev–Trinajstić information content (AvgIpc) is 3.11. The van der Waals surface area contributed by atoms with Gasteiger partial charge in [0.25, 0.3) is 0 Å². The van der Waals surface area contributed by atoms with Crippen LogP contribution in [0.25, 0.3) is 11.4 Å². The van der Waals surface area contributed by atoms with Crippen LogP contribution in [-0.4, -0.2) is 26.2 Å². The number of benzene rings is 1. The Bertz CT molecular complexity index is 882. The lowest BCUT2D eigenvalue weighted by atomic mass is 10.2. The van der Waals surface area contributed by atoms with E-state index in [1.54, 1.807) is 7.11 Å². The van der Waals surface area contributed by atoms with Crippen molar-refractivity contribution >= 4 is 34.9 Å². The van der Waals surface area contributed by atoms with Gasteiger partial charge in [-0.2, -0.15) is 9.64 Å². The third kappa shape index (κ3) is 3.03. The Labute approximate surface area is 145 Å². The molecule has 2 heterocycles. The number of aromatic nitrogens is 4. The molecule has 0 aliphatic rings. The molecule has 0 amide bonds. The number of methoxy groups -OCH3 is 1. The predicted octanol–water partition coefficient (Wildman–Crippen LogP) is 3.62. The van der Waals surface area contributed by atoms with Crippen LogP contribution in [0.5, 0.6) is 5.75 Å². The van der Waals surface area contributed by atoms with E-state index in [9.17, 15) is 0 Å². The summed E-state index contributed by atoms with van der Waals surface area (Å²) in [5.74, 6) is 1.51. The molecule has 3 rings (SSSR count). The van der Waals surface area contributed by atoms with E-state index in [2.05, 4.69) is 20.6 Å². The quantitative estimate of drug-likeness (QED) is 0.704. The average molecular weight is 364 g/mol. The van der Waals surface area contributed by atoms with Crippen molar-refractivity contribution in [1.29, 1.82) is 5.26 Å². The van der Waals surface area contributed by atoms with E-state index in [-0.39, 0.29) is 5.15 Å². The molecule has 1 aromatic carbocycles. The minimum absolute atomic E-state index is 0.220. The van der Waals surface area contributed by atoms with E-state index in [0.717, 1.165) is 17.1 Å². The van der Waals surface area contributed by atoms with Crippen LogP contribution in [0.1, 0.15) is 5.56 Å². The highest BCUT2D eigenvalue weighted by molar-refractivity contribution is 8.01. The Kier molecular flexibility index (Phi) is 4.52. The van der Waals surface area contributed by atoms with E-state index in [4.69, 9.17) is 21.6 Å². The van der Waals surface area contributed by atoms with Gasteiger partial charge in [0.2, 0.25) is 0 Å². The van der Waals surface area contributed by atoms with Gasteiger partial charge in [0, 0.05) is 12.6 Å². The number of nitriles is 1. The third-order valence-corrected chi connectivity index (χ3v) is 5.52. The molecule has 0 spiro atoms. The monoisotopic (exact) mass is 363 g/mol. The van der Waals surface area contributed by atoms with E-state index in [0.29, 0.717) is 14.9 Å². The molecule has 0 bridgehead atoms. The van der Waals surface area contributed by atoms with Crippen LogP contribution < -0.4 is 4.74 Å². The second-order valence-corrected chi connectivity index (χ2v) is 6.81. The van der Waals surface area contributed by atoms with Crippen LogP contribution >= 0.6 is 34.9 Å². The largest absolute Gasteiger partial charge is 0.497 e. The van der Waals surface area contributed by atoms with Gasteiger partial charge >= 0.3 is 0 Å². The third-order valence-electron chi connectivity index (χ3n) is 3.10.